The number of phosphoric ester groups is 2. The number of fused-ring (bicyclic) bond motifs is 32. The number of benzene rings is 5. The molecule has 8 aliphatic carbocycles. The lowest BCUT2D eigenvalue weighted by atomic mass is 9.74. The van der Waals surface area contributed by atoms with Gasteiger partial charge in [-0.2, -0.15) is 0 Å². The molecule has 270 valence electrons. The molecular weight excluding hydrogens is 722 g/mol. The standard InChI is InChI=1S/C43H34O9P2/c1-49-52-54(47,48)51-43-40-36-16-34(30-12-26-22-10-24(28(26)14-32(30)36)20-8-4-2-6-18(20)22)38(40)42(50-53(44,45)46)39-35-17-37(41(39)43)33-15-29-25-11-23(27(29)13-31(33)35)19-7-3-5-9-21(19)25/h2-9,12-15,22-25,34-37H,10-11,16-17H2,1H3,(H,47,48)(H2,44,45,46)/t22-,23+,24+,25-,34-,35+,36+,37-. The molecule has 5 aromatic rings. The lowest BCUT2D eigenvalue weighted by molar-refractivity contribution is -0.193. The summed E-state index contributed by atoms with van der Waals surface area (Å²) >= 11 is 0. The maximum atomic E-state index is 13.5. The molecule has 11 heteroatoms. The van der Waals surface area contributed by atoms with Gasteiger partial charge in [0.1, 0.15) is 11.5 Å². The SMILES string of the molecule is COOP(=O)(O)Oc1c2c(c(OP(=O)(O)O)c3c1[C@H]1C[C@@H]3c3cc4c(cc31)[C@H]1C[C@@H]4c3ccccc31)[C@H]1C[C@@H]2c2cc3c(cc21)[C@H]1C[C@@H]3c2ccccc21. The van der Waals surface area contributed by atoms with Crippen LogP contribution in [0.15, 0.2) is 72.8 Å². The number of rotatable bonds is 6. The van der Waals surface area contributed by atoms with Gasteiger partial charge in [0.05, 0.1) is 7.11 Å². The Kier molecular flexibility index (Phi) is 5.79. The third-order valence-electron chi connectivity index (χ3n) is 14.5. The summed E-state index contributed by atoms with van der Waals surface area (Å²) in [6.45, 7) is 0. The molecule has 0 heterocycles. The summed E-state index contributed by atoms with van der Waals surface area (Å²) in [7, 11) is -8.66. The molecule has 0 fully saturated rings. The molecule has 0 radical (unpaired) electrons. The topological polar surface area (TPSA) is 132 Å². The summed E-state index contributed by atoms with van der Waals surface area (Å²) in [6.07, 6.45) is 3.36. The molecule has 5 aromatic carbocycles. The van der Waals surface area contributed by atoms with E-state index in [2.05, 4.69) is 72.8 Å². The molecule has 0 amide bonds. The van der Waals surface area contributed by atoms with E-state index in [1.807, 2.05) is 0 Å². The Hall–Kier alpha value is -4.04. The molecule has 0 saturated heterocycles. The van der Waals surface area contributed by atoms with Crippen LogP contribution in [0.1, 0.15) is 162 Å². The Bertz CT molecular complexity index is 2560. The van der Waals surface area contributed by atoms with E-state index < -0.39 is 15.6 Å². The third kappa shape index (κ3) is 3.75. The maximum Gasteiger partial charge on any atom is 0.555 e. The fourth-order valence-corrected chi connectivity index (χ4v) is 14.1. The van der Waals surface area contributed by atoms with Crippen molar-refractivity contribution in [2.45, 2.75) is 73.0 Å². The largest absolute Gasteiger partial charge is 0.555 e. The van der Waals surface area contributed by atoms with E-state index in [0.29, 0.717) is 58.8 Å². The average Bonchev–Trinajstić information content (AvgIpc) is 4.01. The van der Waals surface area contributed by atoms with Crippen LogP contribution in [0.25, 0.3) is 0 Å². The lowest BCUT2D eigenvalue weighted by Crippen LogP contribution is -2.17. The molecule has 0 aromatic heterocycles. The summed E-state index contributed by atoms with van der Waals surface area (Å²) in [4.78, 5) is 36.7. The average molecular weight is 757 g/mol. The Morgan fingerprint density at radius 1 is 0.463 bits per heavy atom. The minimum Gasteiger partial charge on any atom is -0.404 e. The normalized spacial score (nSPS) is 29.3. The van der Waals surface area contributed by atoms with E-state index in [1.165, 1.54) is 44.5 Å². The van der Waals surface area contributed by atoms with Gasteiger partial charge in [0, 0.05) is 69.6 Å². The van der Waals surface area contributed by atoms with Crippen LogP contribution < -0.4 is 9.05 Å². The molecular formula is C43H34O9P2. The first-order chi connectivity index (χ1) is 26.1. The highest BCUT2D eigenvalue weighted by atomic mass is 31.2. The van der Waals surface area contributed by atoms with E-state index in [0.717, 1.165) is 42.2 Å². The Balaban J connectivity index is 1.03. The van der Waals surface area contributed by atoms with Crippen molar-refractivity contribution >= 4 is 15.6 Å². The van der Waals surface area contributed by atoms with E-state index in [-0.39, 0.29) is 35.2 Å². The Labute approximate surface area is 310 Å². The van der Waals surface area contributed by atoms with Crippen LogP contribution in [-0.2, 0) is 18.7 Å². The van der Waals surface area contributed by atoms with Crippen LogP contribution >= 0.6 is 15.6 Å². The van der Waals surface area contributed by atoms with Crippen molar-refractivity contribution < 1.29 is 42.4 Å². The second-order valence-electron chi connectivity index (χ2n) is 16.5. The van der Waals surface area contributed by atoms with Gasteiger partial charge < -0.3 is 9.05 Å². The molecule has 8 bridgehead atoms. The molecule has 0 saturated carbocycles. The summed E-state index contributed by atoms with van der Waals surface area (Å²) in [6, 6.07) is 26.7. The fraction of sp³-hybridized carbons (Fsp3) is 0.302. The van der Waals surface area contributed by atoms with Gasteiger partial charge in [0.2, 0.25) is 0 Å². The highest BCUT2D eigenvalue weighted by Gasteiger charge is 2.56. The summed E-state index contributed by atoms with van der Waals surface area (Å²) < 4.78 is 43.3. The fourth-order valence-electron chi connectivity index (χ4n) is 13.0. The molecule has 0 aliphatic heterocycles. The zero-order valence-corrected chi connectivity index (χ0v) is 30.8. The number of hydrogen-bond acceptors (Lipinski definition) is 6. The monoisotopic (exact) mass is 756 g/mol. The van der Waals surface area contributed by atoms with Crippen molar-refractivity contribution in [2.24, 2.45) is 0 Å². The summed E-state index contributed by atoms with van der Waals surface area (Å²) in [5.41, 5.74) is 18.0. The van der Waals surface area contributed by atoms with Gasteiger partial charge in [-0.05, 0) is 92.4 Å². The second kappa shape index (κ2) is 10.0. The second-order valence-corrected chi connectivity index (χ2v) is 19.0. The van der Waals surface area contributed by atoms with Crippen LogP contribution in [0.3, 0.4) is 0 Å². The van der Waals surface area contributed by atoms with Gasteiger partial charge in [0.25, 0.3) is 0 Å². The van der Waals surface area contributed by atoms with Crippen LogP contribution in [0.2, 0.25) is 0 Å². The predicted molar refractivity (Wildman–Crippen MR) is 197 cm³/mol. The quantitative estimate of drug-likeness (QED) is 0.0882. The summed E-state index contributed by atoms with van der Waals surface area (Å²) in [5, 5.41) is 0. The van der Waals surface area contributed by atoms with Crippen LogP contribution in [0, 0.1) is 0 Å². The van der Waals surface area contributed by atoms with Crippen molar-refractivity contribution in [3.05, 3.63) is 162 Å². The molecule has 13 rings (SSSR count). The van der Waals surface area contributed by atoms with Gasteiger partial charge in [-0.25, -0.2) is 14.0 Å². The van der Waals surface area contributed by atoms with Gasteiger partial charge in [-0.3, -0.25) is 14.7 Å². The van der Waals surface area contributed by atoms with Gasteiger partial charge >= 0.3 is 15.6 Å². The number of phosphoric acid groups is 2. The third-order valence-corrected chi connectivity index (χ3v) is 15.7. The zero-order chi connectivity index (χ0) is 36.2. The van der Waals surface area contributed by atoms with Gasteiger partial charge in [0.15, 0.2) is 0 Å². The minimum absolute atomic E-state index is 0.206. The highest BCUT2D eigenvalue weighted by molar-refractivity contribution is 7.47. The maximum absolute atomic E-state index is 13.5. The molecule has 3 N–H and O–H groups in total. The molecule has 8 aliphatic rings. The van der Waals surface area contributed by atoms with Gasteiger partial charge in [-0.15, -0.1) is 4.67 Å². The van der Waals surface area contributed by atoms with E-state index in [4.69, 9.17) is 18.6 Å². The molecule has 54 heavy (non-hydrogen) atoms. The minimum atomic E-state index is -5.04. The summed E-state index contributed by atoms with van der Waals surface area (Å²) in [5.74, 6) is 0.808. The molecule has 9 atom stereocenters. The van der Waals surface area contributed by atoms with Crippen molar-refractivity contribution in [3.63, 3.8) is 0 Å². The zero-order valence-electron chi connectivity index (χ0n) is 29.1. The smallest absolute Gasteiger partial charge is 0.404 e. The van der Waals surface area contributed by atoms with E-state index >= 15 is 0 Å². The highest BCUT2D eigenvalue weighted by Crippen LogP contribution is 2.73. The first-order valence-electron chi connectivity index (χ1n) is 18.8. The predicted octanol–water partition coefficient (Wildman–Crippen LogP) is 9.14. The van der Waals surface area contributed by atoms with Crippen molar-refractivity contribution in [1.29, 1.82) is 0 Å². The van der Waals surface area contributed by atoms with Crippen LogP contribution in [0.4, 0.5) is 0 Å². The first kappa shape index (κ1) is 31.2. The van der Waals surface area contributed by atoms with Gasteiger partial charge in [-0.1, -0.05) is 72.8 Å². The van der Waals surface area contributed by atoms with Crippen molar-refractivity contribution in [3.8, 4) is 11.5 Å². The van der Waals surface area contributed by atoms with Crippen LogP contribution in [0.5, 0.6) is 11.5 Å². The Morgan fingerprint density at radius 2 is 0.759 bits per heavy atom. The van der Waals surface area contributed by atoms with Crippen molar-refractivity contribution in [2.75, 3.05) is 7.11 Å². The molecule has 0 spiro atoms. The van der Waals surface area contributed by atoms with E-state index in [9.17, 15) is 23.8 Å². The molecule has 1 unspecified atom stereocenters. The van der Waals surface area contributed by atoms with E-state index in [1.54, 1.807) is 0 Å². The number of hydrogen-bond donors (Lipinski definition) is 3. The van der Waals surface area contributed by atoms with Crippen LogP contribution in [-0.4, -0.2) is 21.8 Å². The lowest BCUT2D eigenvalue weighted by Gasteiger charge is -2.33. The first-order valence-corrected chi connectivity index (χ1v) is 21.9. The van der Waals surface area contributed by atoms with Crippen molar-refractivity contribution in [1.82, 2.24) is 0 Å². The Morgan fingerprint density at radius 3 is 1.07 bits per heavy atom. The molecule has 9 nitrogen and oxygen atoms in total.